The molecule has 1 fully saturated rings. The van der Waals surface area contributed by atoms with Gasteiger partial charge in [0.05, 0.1) is 18.2 Å². The van der Waals surface area contributed by atoms with Gasteiger partial charge in [0.25, 0.3) is 0 Å². The van der Waals surface area contributed by atoms with Crippen LogP contribution in [0.25, 0.3) is 0 Å². The summed E-state index contributed by atoms with van der Waals surface area (Å²) >= 11 is 0. The Bertz CT molecular complexity index is 507. The first-order valence-corrected chi connectivity index (χ1v) is 5.56. The van der Waals surface area contributed by atoms with Crippen LogP contribution in [-0.2, 0) is 16.1 Å². The van der Waals surface area contributed by atoms with Gasteiger partial charge < -0.3 is 9.30 Å². The van der Waals surface area contributed by atoms with Crippen molar-refractivity contribution in [1.82, 2.24) is 9.55 Å². The monoisotopic (exact) mass is 233 g/mol. The molecule has 2 rings (SSSR count). The van der Waals surface area contributed by atoms with Gasteiger partial charge in [0.2, 0.25) is 5.82 Å². The zero-order valence-corrected chi connectivity index (χ0v) is 10.3. The van der Waals surface area contributed by atoms with Gasteiger partial charge in [-0.3, -0.25) is 4.79 Å². The molecule has 0 N–H and O–H groups in total. The maximum atomic E-state index is 11.7. The van der Waals surface area contributed by atoms with Crippen molar-refractivity contribution in [2.24, 2.45) is 5.41 Å². The molecule has 0 unspecified atom stereocenters. The maximum absolute atomic E-state index is 11.7. The van der Waals surface area contributed by atoms with Crippen molar-refractivity contribution < 1.29 is 9.53 Å². The second-order valence-corrected chi connectivity index (χ2v) is 4.58. The molecular weight excluding hydrogens is 218 g/mol. The van der Waals surface area contributed by atoms with Crippen LogP contribution in [0.2, 0.25) is 0 Å². The number of hydrogen-bond acceptors (Lipinski definition) is 4. The van der Waals surface area contributed by atoms with E-state index < -0.39 is 5.41 Å². The first-order valence-electron chi connectivity index (χ1n) is 5.56. The Hall–Kier alpha value is -1.83. The minimum atomic E-state index is -0.432. The maximum Gasteiger partial charge on any atom is 0.313 e. The number of esters is 1. The lowest BCUT2D eigenvalue weighted by Gasteiger charge is -2.15. The molecule has 1 saturated carbocycles. The summed E-state index contributed by atoms with van der Waals surface area (Å²) in [6.45, 7) is 4.27. The molecule has 5 nitrogen and oxygen atoms in total. The van der Waals surface area contributed by atoms with Crippen LogP contribution in [0.3, 0.4) is 0 Å². The topological polar surface area (TPSA) is 67.9 Å². The highest BCUT2D eigenvalue weighted by atomic mass is 16.5. The van der Waals surface area contributed by atoms with Crippen LogP contribution in [0.5, 0.6) is 0 Å². The van der Waals surface area contributed by atoms with Crippen LogP contribution in [0, 0.1) is 30.6 Å². The van der Waals surface area contributed by atoms with E-state index in [0.29, 0.717) is 12.4 Å². The molecule has 1 aliphatic carbocycles. The summed E-state index contributed by atoms with van der Waals surface area (Å²) in [6.07, 6.45) is 1.64. The first-order chi connectivity index (χ1) is 8.04. The molecule has 1 aromatic rings. The van der Waals surface area contributed by atoms with Gasteiger partial charge in [-0.2, -0.15) is 5.26 Å². The van der Waals surface area contributed by atoms with Gasteiger partial charge in [0, 0.05) is 12.2 Å². The van der Waals surface area contributed by atoms with Crippen molar-refractivity contribution in [2.75, 3.05) is 7.11 Å². The number of imidazole rings is 1. The molecule has 5 heteroatoms. The van der Waals surface area contributed by atoms with E-state index >= 15 is 0 Å². The van der Waals surface area contributed by atoms with E-state index in [4.69, 9.17) is 10.00 Å². The molecule has 0 bridgehead atoms. The highest BCUT2D eigenvalue weighted by molar-refractivity contribution is 5.79. The second kappa shape index (κ2) is 3.88. The highest BCUT2D eigenvalue weighted by Gasteiger charge is 2.51. The smallest absolute Gasteiger partial charge is 0.313 e. The van der Waals surface area contributed by atoms with Crippen molar-refractivity contribution >= 4 is 5.97 Å². The van der Waals surface area contributed by atoms with Gasteiger partial charge in [-0.25, -0.2) is 4.98 Å². The van der Waals surface area contributed by atoms with Gasteiger partial charge in [-0.1, -0.05) is 0 Å². The molecule has 0 radical (unpaired) electrons. The lowest BCUT2D eigenvalue weighted by molar-refractivity contribution is -0.147. The number of aromatic nitrogens is 2. The summed E-state index contributed by atoms with van der Waals surface area (Å²) in [6, 6.07) is 2.06. The fourth-order valence-corrected chi connectivity index (χ4v) is 2.03. The molecule has 90 valence electrons. The van der Waals surface area contributed by atoms with Crippen LogP contribution in [0.1, 0.15) is 30.1 Å². The molecular formula is C12H15N3O2. The van der Waals surface area contributed by atoms with E-state index in [9.17, 15) is 4.79 Å². The van der Waals surface area contributed by atoms with Crippen LogP contribution < -0.4 is 0 Å². The van der Waals surface area contributed by atoms with E-state index in [1.54, 1.807) is 0 Å². The number of aryl methyl sites for hydroxylation is 1. The average Bonchev–Trinajstić information content (AvgIpc) is 3.07. The van der Waals surface area contributed by atoms with Crippen molar-refractivity contribution in [3.63, 3.8) is 0 Å². The second-order valence-electron chi connectivity index (χ2n) is 4.58. The Labute approximate surface area is 100 Å². The minimum absolute atomic E-state index is 0.188. The largest absolute Gasteiger partial charge is 0.469 e. The zero-order valence-electron chi connectivity index (χ0n) is 10.3. The molecule has 0 spiro atoms. The predicted molar refractivity (Wildman–Crippen MR) is 60.1 cm³/mol. The Morgan fingerprint density at radius 3 is 2.71 bits per heavy atom. The standard InChI is InChI=1S/C12H15N3O2/c1-8-9(2)15(10(6-13)14-8)7-12(4-5-12)11(16)17-3/h4-5,7H2,1-3H3. The number of carbonyl (C=O) groups is 1. The molecule has 1 aliphatic rings. The Balaban J connectivity index is 2.31. The van der Waals surface area contributed by atoms with E-state index in [1.807, 2.05) is 18.4 Å². The summed E-state index contributed by atoms with van der Waals surface area (Å²) in [7, 11) is 1.40. The van der Waals surface area contributed by atoms with Gasteiger partial charge in [-0.15, -0.1) is 0 Å². The number of methoxy groups -OCH3 is 1. The van der Waals surface area contributed by atoms with E-state index in [0.717, 1.165) is 24.2 Å². The summed E-state index contributed by atoms with van der Waals surface area (Å²) in [5, 5.41) is 9.02. The average molecular weight is 233 g/mol. The van der Waals surface area contributed by atoms with Crippen LogP contribution in [0.4, 0.5) is 0 Å². The summed E-state index contributed by atoms with van der Waals surface area (Å²) < 4.78 is 6.63. The summed E-state index contributed by atoms with van der Waals surface area (Å²) in [5.41, 5.74) is 1.34. The third-order valence-electron chi connectivity index (χ3n) is 3.49. The van der Waals surface area contributed by atoms with Gasteiger partial charge >= 0.3 is 5.97 Å². The third kappa shape index (κ3) is 1.80. The predicted octanol–water partition coefficient (Wildman–Crippen LogP) is 1.32. The molecule has 0 amide bonds. The Morgan fingerprint density at radius 2 is 2.24 bits per heavy atom. The van der Waals surface area contributed by atoms with E-state index in [1.165, 1.54) is 7.11 Å². The van der Waals surface area contributed by atoms with Crippen molar-refractivity contribution in [3.8, 4) is 6.07 Å². The van der Waals surface area contributed by atoms with Gasteiger partial charge in [0.15, 0.2) is 0 Å². The zero-order chi connectivity index (χ0) is 12.6. The quantitative estimate of drug-likeness (QED) is 0.738. The molecule has 0 aromatic carbocycles. The van der Waals surface area contributed by atoms with E-state index in [2.05, 4.69) is 11.1 Å². The lowest BCUT2D eigenvalue weighted by Crippen LogP contribution is -2.24. The van der Waals surface area contributed by atoms with Crippen molar-refractivity contribution in [2.45, 2.75) is 33.2 Å². The Morgan fingerprint density at radius 1 is 1.59 bits per heavy atom. The number of nitrogens with zero attached hydrogens (tertiary/aromatic N) is 3. The molecule has 17 heavy (non-hydrogen) atoms. The van der Waals surface area contributed by atoms with E-state index in [-0.39, 0.29) is 5.97 Å². The number of nitriles is 1. The molecule has 0 saturated heterocycles. The SMILES string of the molecule is COC(=O)C1(Cn2c(C#N)nc(C)c2C)CC1. The van der Waals surface area contributed by atoms with Crippen molar-refractivity contribution in [1.29, 1.82) is 5.26 Å². The summed E-state index contributed by atoms with van der Waals surface area (Å²) in [5.74, 6) is 0.183. The Kier molecular flexibility index (Phi) is 2.66. The number of ether oxygens (including phenoxy) is 1. The number of rotatable bonds is 3. The number of carbonyl (C=O) groups excluding carboxylic acids is 1. The minimum Gasteiger partial charge on any atom is -0.469 e. The highest BCUT2D eigenvalue weighted by Crippen LogP contribution is 2.48. The van der Waals surface area contributed by atoms with Crippen LogP contribution in [0.15, 0.2) is 0 Å². The first kappa shape index (κ1) is 11.6. The normalized spacial score (nSPS) is 16.4. The molecule has 1 heterocycles. The molecule has 0 atom stereocenters. The van der Waals surface area contributed by atoms with Crippen molar-refractivity contribution in [3.05, 3.63) is 17.2 Å². The lowest BCUT2D eigenvalue weighted by atomic mass is 10.1. The van der Waals surface area contributed by atoms with Gasteiger partial charge in [0.1, 0.15) is 6.07 Å². The fraction of sp³-hybridized carbons (Fsp3) is 0.583. The third-order valence-corrected chi connectivity index (χ3v) is 3.49. The van der Waals surface area contributed by atoms with Crippen LogP contribution >= 0.6 is 0 Å². The fourth-order valence-electron chi connectivity index (χ4n) is 2.03. The number of hydrogen-bond donors (Lipinski definition) is 0. The molecule has 1 aromatic heterocycles. The molecule has 0 aliphatic heterocycles. The summed E-state index contributed by atoms with van der Waals surface area (Å²) in [4.78, 5) is 15.9. The van der Waals surface area contributed by atoms with Crippen LogP contribution in [-0.4, -0.2) is 22.6 Å². The van der Waals surface area contributed by atoms with Gasteiger partial charge in [-0.05, 0) is 26.7 Å².